The third kappa shape index (κ3) is 5.61. The van der Waals surface area contributed by atoms with Gasteiger partial charge in [-0.05, 0) is 31.4 Å². The van der Waals surface area contributed by atoms with Gasteiger partial charge in [0.2, 0.25) is 0 Å². The standard InChI is InChI=1S/C13H23NOS/c1-11-12(5-9-15-11)16-10-8-14-7-6-13(2,3)4/h5,9,14H,6-8,10H2,1-4H3. The first-order chi connectivity index (χ1) is 7.49. The lowest BCUT2D eigenvalue weighted by Crippen LogP contribution is -2.22. The molecule has 0 aliphatic heterocycles. The fourth-order valence-corrected chi connectivity index (χ4v) is 2.21. The molecule has 1 heterocycles. The van der Waals surface area contributed by atoms with Crippen LogP contribution in [0, 0.1) is 12.3 Å². The van der Waals surface area contributed by atoms with E-state index >= 15 is 0 Å². The molecule has 0 radical (unpaired) electrons. The lowest BCUT2D eigenvalue weighted by molar-refractivity contribution is 0.369. The lowest BCUT2D eigenvalue weighted by Gasteiger charge is -2.17. The molecule has 0 atom stereocenters. The first-order valence-electron chi connectivity index (χ1n) is 5.87. The van der Waals surface area contributed by atoms with Crippen LogP contribution < -0.4 is 5.32 Å². The molecule has 0 aromatic carbocycles. The summed E-state index contributed by atoms with van der Waals surface area (Å²) in [5.74, 6) is 2.13. The van der Waals surface area contributed by atoms with E-state index in [1.807, 2.05) is 24.8 Å². The molecule has 0 spiro atoms. The van der Waals surface area contributed by atoms with E-state index in [1.165, 1.54) is 11.3 Å². The van der Waals surface area contributed by atoms with Gasteiger partial charge >= 0.3 is 0 Å². The van der Waals surface area contributed by atoms with Crippen LogP contribution in [0.4, 0.5) is 0 Å². The minimum Gasteiger partial charge on any atom is -0.468 e. The van der Waals surface area contributed by atoms with Crippen LogP contribution in [0.2, 0.25) is 0 Å². The molecule has 0 aliphatic rings. The molecule has 16 heavy (non-hydrogen) atoms. The van der Waals surface area contributed by atoms with E-state index in [2.05, 4.69) is 26.1 Å². The summed E-state index contributed by atoms with van der Waals surface area (Å²) in [5.41, 5.74) is 0.432. The summed E-state index contributed by atoms with van der Waals surface area (Å²) in [4.78, 5) is 1.26. The van der Waals surface area contributed by atoms with Crippen LogP contribution in [0.3, 0.4) is 0 Å². The van der Waals surface area contributed by atoms with E-state index < -0.39 is 0 Å². The summed E-state index contributed by atoms with van der Waals surface area (Å²) in [6, 6.07) is 2.04. The van der Waals surface area contributed by atoms with Crippen LogP contribution in [-0.2, 0) is 0 Å². The van der Waals surface area contributed by atoms with Gasteiger partial charge < -0.3 is 9.73 Å². The Bertz CT molecular complexity index is 301. The van der Waals surface area contributed by atoms with Crippen molar-refractivity contribution in [2.45, 2.75) is 39.0 Å². The molecule has 3 heteroatoms. The van der Waals surface area contributed by atoms with Crippen molar-refractivity contribution >= 4 is 11.8 Å². The quantitative estimate of drug-likeness (QED) is 0.607. The average Bonchev–Trinajstić information content (AvgIpc) is 2.56. The normalized spacial score (nSPS) is 12.0. The van der Waals surface area contributed by atoms with Gasteiger partial charge in [0.25, 0.3) is 0 Å². The summed E-state index contributed by atoms with van der Waals surface area (Å²) >= 11 is 1.86. The van der Waals surface area contributed by atoms with Gasteiger partial charge in [-0.15, -0.1) is 11.8 Å². The second-order valence-electron chi connectivity index (χ2n) is 5.25. The molecule has 92 valence electrons. The van der Waals surface area contributed by atoms with Gasteiger partial charge in [0.1, 0.15) is 5.76 Å². The van der Waals surface area contributed by atoms with E-state index in [0.29, 0.717) is 5.41 Å². The summed E-state index contributed by atoms with van der Waals surface area (Å²) in [6.07, 6.45) is 2.98. The van der Waals surface area contributed by atoms with Gasteiger partial charge in [-0.3, -0.25) is 0 Å². The molecule has 2 nitrogen and oxygen atoms in total. The van der Waals surface area contributed by atoms with E-state index in [4.69, 9.17) is 4.42 Å². The van der Waals surface area contributed by atoms with Crippen molar-refractivity contribution in [1.29, 1.82) is 0 Å². The zero-order chi connectivity index (χ0) is 12.0. The minimum absolute atomic E-state index is 0.432. The predicted octanol–water partition coefficient (Wildman–Crippen LogP) is 3.71. The van der Waals surface area contributed by atoms with Gasteiger partial charge in [0, 0.05) is 17.2 Å². The Balaban J connectivity index is 2.03. The maximum absolute atomic E-state index is 5.25. The zero-order valence-corrected chi connectivity index (χ0v) is 11.6. The monoisotopic (exact) mass is 241 g/mol. The Kier molecular flexibility index (Phi) is 5.42. The maximum atomic E-state index is 5.25. The maximum Gasteiger partial charge on any atom is 0.114 e. The SMILES string of the molecule is Cc1occc1SCCNCCC(C)(C)C. The van der Waals surface area contributed by atoms with Gasteiger partial charge in [-0.2, -0.15) is 0 Å². The smallest absolute Gasteiger partial charge is 0.114 e. The minimum atomic E-state index is 0.432. The van der Waals surface area contributed by atoms with Crippen LogP contribution in [0.5, 0.6) is 0 Å². The number of nitrogens with one attached hydrogen (secondary N) is 1. The van der Waals surface area contributed by atoms with Crippen LogP contribution in [-0.4, -0.2) is 18.8 Å². The Morgan fingerprint density at radius 3 is 2.62 bits per heavy atom. The molecular weight excluding hydrogens is 218 g/mol. The third-order valence-corrected chi connectivity index (χ3v) is 3.54. The third-order valence-electron chi connectivity index (χ3n) is 2.40. The Morgan fingerprint density at radius 1 is 1.31 bits per heavy atom. The van der Waals surface area contributed by atoms with Crippen molar-refractivity contribution in [3.8, 4) is 0 Å². The molecule has 1 aromatic rings. The fourth-order valence-electron chi connectivity index (χ4n) is 1.34. The molecule has 0 saturated carbocycles. The van der Waals surface area contributed by atoms with Gasteiger partial charge in [0.15, 0.2) is 0 Å². The zero-order valence-electron chi connectivity index (χ0n) is 10.8. The lowest BCUT2D eigenvalue weighted by atomic mass is 9.92. The summed E-state index contributed by atoms with van der Waals surface area (Å²) in [5, 5.41) is 3.47. The highest BCUT2D eigenvalue weighted by Gasteiger charge is 2.08. The van der Waals surface area contributed by atoms with Crippen molar-refractivity contribution in [1.82, 2.24) is 5.32 Å². The van der Waals surface area contributed by atoms with Crippen LogP contribution >= 0.6 is 11.8 Å². The second kappa shape index (κ2) is 6.36. The highest BCUT2D eigenvalue weighted by molar-refractivity contribution is 7.99. The number of hydrogen-bond donors (Lipinski definition) is 1. The van der Waals surface area contributed by atoms with Crippen LogP contribution in [0.25, 0.3) is 0 Å². The number of aryl methyl sites for hydroxylation is 1. The van der Waals surface area contributed by atoms with Crippen LogP contribution in [0.1, 0.15) is 33.0 Å². The summed E-state index contributed by atoms with van der Waals surface area (Å²) < 4.78 is 5.25. The second-order valence-corrected chi connectivity index (χ2v) is 6.39. The fraction of sp³-hybridized carbons (Fsp3) is 0.692. The molecule has 0 bridgehead atoms. The Hall–Kier alpha value is -0.410. The van der Waals surface area contributed by atoms with Crippen molar-refractivity contribution in [3.05, 3.63) is 18.1 Å². The Morgan fingerprint density at radius 2 is 2.06 bits per heavy atom. The van der Waals surface area contributed by atoms with Crippen molar-refractivity contribution < 1.29 is 4.42 Å². The highest BCUT2D eigenvalue weighted by Crippen LogP contribution is 2.22. The molecule has 0 fully saturated rings. The molecule has 1 rings (SSSR count). The van der Waals surface area contributed by atoms with Gasteiger partial charge in [0.05, 0.1) is 6.26 Å². The van der Waals surface area contributed by atoms with Crippen molar-refractivity contribution in [3.63, 3.8) is 0 Å². The molecule has 0 amide bonds. The molecular formula is C13H23NOS. The van der Waals surface area contributed by atoms with E-state index in [0.717, 1.165) is 24.6 Å². The first kappa shape index (κ1) is 13.7. The molecule has 0 saturated heterocycles. The molecule has 1 N–H and O–H groups in total. The van der Waals surface area contributed by atoms with Gasteiger partial charge in [-0.25, -0.2) is 0 Å². The molecule has 1 aromatic heterocycles. The first-order valence-corrected chi connectivity index (χ1v) is 6.85. The number of furan rings is 1. The number of hydrogen-bond acceptors (Lipinski definition) is 3. The average molecular weight is 241 g/mol. The van der Waals surface area contributed by atoms with Crippen LogP contribution in [0.15, 0.2) is 21.6 Å². The molecule has 0 aliphatic carbocycles. The van der Waals surface area contributed by atoms with Crippen molar-refractivity contribution in [2.75, 3.05) is 18.8 Å². The van der Waals surface area contributed by atoms with E-state index in [9.17, 15) is 0 Å². The Labute approximate surface area is 103 Å². The summed E-state index contributed by atoms with van der Waals surface area (Å²) in [7, 11) is 0. The summed E-state index contributed by atoms with van der Waals surface area (Å²) in [6.45, 7) is 11.0. The number of rotatable bonds is 6. The van der Waals surface area contributed by atoms with Gasteiger partial charge in [-0.1, -0.05) is 20.8 Å². The van der Waals surface area contributed by atoms with Crippen molar-refractivity contribution in [2.24, 2.45) is 5.41 Å². The largest absolute Gasteiger partial charge is 0.468 e. The highest BCUT2D eigenvalue weighted by atomic mass is 32.2. The molecule has 0 unspecified atom stereocenters. The predicted molar refractivity (Wildman–Crippen MR) is 71.1 cm³/mol. The van der Waals surface area contributed by atoms with E-state index in [1.54, 1.807) is 6.26 Å². The van der Waals surface area contributed by atoms with E-state index in [-0.39, 0.29) is 0 Å². The number of thioether (sulfide) groups is 1. The topological polar surface area (TPSA) is 25.2 Å².